The Labute approximate surface area is 150 Å². The van der Waals surface area contributed by atoms with Crippen molar-refractivity contribution < 1.29 is 13.5 Å². The number of benzene rings is 1. The maximum Gasteiger partial charge on any atom is 0.300 e. The Morgan fingerprint density at radius 2 is 2.19 bits per heavy atom. The van der Waals surface area contributed by atoms with E-state index in [9.17, 15) is 4.39 Å². The number of oxazole rings is 1. The van der Waals surface area contributed by atoms with Crippen LogP contribution in [-0.4, -0.2) is 54.2 Å². The number of methoxy groups -OCH3 is 1. The normalized spacial score (nSPS) is 22.2. The number of aromatic nitrogens is 2. The van der Waals surface area contributed by atoms with Crippen LogP contribution in [0.4, 0.5) is 10.4 Å². The van der Waals surface area contributed by atoms with E-state index in [0.29, 0.717) is 40.2 Å². The van der Waals surface area contributed by atoms with Gasteiger partial charge in [-0.25, -0.2) is 9.37 Å². The Balaban J connectivity index is 1.55. The molecule has 3 aromatic rings. The molecule has 2 fully saturated rings. The summed E-state index contributed by atoms with van der Waals surface area (Å²) >= 11 is 0. The van der Waals surface area contributed by atoms with Gasteiger partial charge >= 0.3 is 0 Å². The number of rotatable bonds is 3. The summed E-state index contributed by atoms with van der Waals surface area (Å²) in [6.07, 6.45) is 2.74. The van der Waals surface area contributed by atoms with E-state index in [4.69, 9.17) is 9.15 Å². The third-order valence-electron chi connectivity index (χ3n) is 5.31. The molecule has 5 rings (SSSR count). The van der Waals surface area contributed by atoms with Gasteiger partial charge in [0.05, 0.1) is 12.7 Å². The molecule has 4 heterocycles. The fourth-order valence-electron chi connectivity index (χ4n) is 3.98. The summed E-state index contributed by atoms with van der Waals surface area (Å²) in [5, 5.41) is 0. The minimum absolute atomic E-state index is 0.354. The Kier molecular flexibility index (Phi) is 3.56. The average Bonchev–Trinajstić information content (AvgIpc) is 3.25. The van der Waals surface area contributed by atoms with E-state index < -0.39 is 0 Å². The molecule has 6 nitrogen and oxygen atoms in total. The molecule has 26 heavy (non-hydrogen) atoms. The van der Waals surface area contributed by atoms with Crippen molar-refractivity contribution in [2.24, 2.45) is 0 Å². The second-order valence-corrected chi connectivity index (χ2v) is 6.80. The predicted octanol–water partition coefficient (Wildman–Crippen LogP) is 2.93. The lowest BCUT2D eigenvalue weighted by Crippen LogP contribution is -2.46. The van der Waals surface area contributed by atoms with Gasteiger partial charge in [0.1, 0.15) is 11.6 Å². The molecular weight excluding hydrogens is 335 g/mol. The first-order chi connectivity index (χ1) is 12.7. The van der Waals surface area contributed by atoms with E-state index in [2.05, 4.69) is 19.8 Å². The summed E-state index contributed by atoms with van der Waals surface area (Å²) in [6.45, 7) is 4.13. The number of halogens is 1. The van der Waals surface area contributed by atoms with Crippen LogP contribution in [-0.2, 0) is 0 Å². The van der Waals surface area contributed by atoms with Crippen molar-refractivity contribution in [2.75, 3.05) is 38.2 Å². The predicted molar refractivity (Wildman–Crippen MR) is 95.9 cm³/mol. The fourth-order valence-corrected chi connectivity index (χ4v) is 3.98. The number of hydrogen-bond acceptors (Lipinski definition) is 6. The molecule has 2 aliphatic rings. The van der Waals surface area contributed by atoms with E-state index in [1.807, 2.05) is 0 Å². The van der Waals surface area contributed by atoms with Crippen molar-refractivity contribution in [1.82, 2.24) is 14.9 Å². The summed E-state index contributed by atoms with van der Waals surface area (Å²) in [4.78, 5) is 13.6. The Hall–Kier alpha value is -2.67. The maximum atomic E-state index is 14.4. The van der Waals surface area contributed by atoms with Crippen LogP contribution in [0.2, 0.25) is 0 Å². The molecule has 0 aliphatic carbocycles. The van der Waals surface area contributed by atoms with Crippen molar-refractivity contribution in [1.29, 1.82) is 0 Å². The monoisotopic (exact) mass is 354 g/mol. The summed E-state index contributed by atoms with van der Waals surface area (Å²) < 4.78 is 25.7. The third kappa shape index (κ3) is 2.42. The number of piperazine rings is 1. The van der Waals surface area contributed by atoms with E-state index in [1.54, 1.807) is 24.4 Å². The van der Waals surface area contributed by atoms with Gasteiger partial charge < -0.3 is 14.1 Å². The highest BCUT2D eigenvalue weighted by Gasteiger charge is 2.34. The van der Waals surface area contributed by atoms with Gasteiger partial charge in [-0.2, -0.15) is 4.98 Å². The highest BCUT2D eigenvalue weighted by Crippen LogP contribution is 2.35. The maximum absolute atomic E-state index is 14.4. The Bertz CT molecular complexity index is 973. The molecule has 7 heteroatoms. The van der Waals surface area contributed by atoms with Crippen LogP contribution < -0.4 is 9.64 Å². The van der Waals surface area contributed by atoms with Crippen LogP contribution in [0.15, 0.2) is 34.9 Å². The molecule has 1 aromatic carbocycles. The van der Waals surface area contributed by atoms with Crippen LogP contribution in [0, 0.1) is 5.82 Å². The number of hydrogen-bond donors (Lipinski definition) is 0. The summed E-state index contributed by atoms with van der Waals surface area (Å²) in [7, 11) is 1.53. The molecule has 1 unspecified atom stereocenters. The number of nitrogens with zero attached hydrogens (tertiary/aromatic N) is 4. The summed E-state index contributed by atoms with van der Waals surface area (Å²) in [5.41, 5.74) is 2.09. The minimum atomic E-state index is -0.354. The van der Waals surface area contributed by atoms with Crippen molar-refractivity contribution in [3.63, 3.8) is 0 Å². The summed E-state index contributed by atoms with van der Waals surface area (Å²) in [6, 6.07) is 7.60. The fraction of sp³-hybridized carbons (Fsp3) is 0.368. The molecule has 2 aromatic heterocycles. The molecule has 2 aliphatic heterocycles. The second kappa shape index (κ2) is 5.95. The molecule has 2 bridgehead atoms. The second-order valence-electron chi connectivity index (χ2n) is 6.80. The molecule has 134 valence electrons. The van der Waals surface area contributed by atoms with Crippen molar-refractivity contribution in [3.05, 3.63) is 36.3 Å². The van der Waals surface area contributed by atoms with Crippen LogP contribution in [0.3, 0.4) is 0 Å². The van der Waals surface area contributed by atoms with Crippen LogP contribution in [0.25, 0.3) is 22.4 Å². The number of fused-ring (bicyclic) bond motifs is 3. The minimum Gasteiger partial charge on any atom is -0.496 e. The topological polar surface area (TPSA) is 54.6 Å². The van der Waals surface area contributed by atoms with E-state index >= 15 is 0 Å². The third-order valence-corrected chi connectivity index (χ3v) is 5.31. The average molecular weight is 354 g/mol. The zero-order valence-electron chi connectivity index (χ0n) is 14.5. The SMILES string of the molecule is COc1cccc(F)c1-c1cnc2nc(N3CC[N@@]4CCC3C4)oc2c1. The van der Waals surface area contributed by atoms with Gasteiger partial charge in [0, 0.05) is 44.0 Å². The first-order valence-corrected chi connectivity index (χ1v) is 8.81. The van der Waals surface area contributed by atoms with Crippen LogP contribution in [0.1, 0.15) is 6.42 Å². The zero-order valence-corrected chi connectivity index (χ0v) is 14.5. The van der Waals surface area contributed by atoms with Gasteiger partial charge in [-0.3, -0.25) is 4.90 Å². The van der Waals surface area contributed by atoms with E-state index in [-0.39, 0.29) is 5.82 Å². The lowest BCUT2D eigenvalue weighted by molar-refractivity contribution is 0.304. The molecule has 0 N–H and O–H groups in total. The number of pyridine rings is 1. The highest BCUT2D eigenvalue weighted by molar-refractivity contribution is 5.80. The van der Waals surface area contributed by atoms with Gasteiger partial charge in [-0.15, -0.1) is 0 Å². The summed E-state index contributed by atoms with van der Waals surface area (Å²) in [5.74, 6) is 0.111. The first kappa shape index (κ1) is 15.6. The smallest absolute Gasteiger partial charge is 0.300 e. The largest absolute Gasteiger partial charge is 0.496 e. The van der Waals surface area contributed by atoms with E-state index in [1.165, 1.54) is 13.2 Å². The Morgan fingerprint density at radius 1 is 1.27 bits per heavy atom. The Morgan fingerprint density at radius 3 is 3.08 bits per heavy atom. The molecule has 2 saturated heterocycles. The molecule has 0 amide bonds. The molecule has 2 atom stereocenters. The van der Waals surface area contributed by atoms with Crippen LogP contribution >= 0.6 is 0 Å². The standard InChI is InChI=1S/C19H19FN4O2/c1-25-15-4-2-3-14(20)17(15)12-9-16-18(21-10-12)22-19(26-16)24-8-7-23-6-5-13(24)11-23/h2-4,9-10,13H,5-8,11H2,1H3. The molecule has 0 saturated carbocycles. The van der Waals surface area contributed by atoms with Crippen molar-refractivity contribution in [3.8, 4) is 16.9 Å². The lowest BCUT2D eigenvalue weighted by atomic mass is 10.1. The number of ether oxygens (including phenoxy) is 1. The van der Waals surface area contributed by atoms with Crippen molar-refractivity contribution in [2.45, 2.75) is 12.5 Å². The van der Waals surface area contributed by atoms with Gasteiger partial charge in [0.2, 0.25) is 5.65 Å². The molecule has 0 radical (unpaired) electrons. The van der Waals surface area contributed by atoms with Gasteiger partial charge in [0.25, 0.3) is 6.01 Å². The van der Waals surface area contributed by atoms with E-state index in [0.717, 1.165) is 32.6 Å². The lowest BCUT2D eigenvalue weighted by Gasteiger charge is -2.32. The quantitative estimate of drug-likeness (QED) is 0.721. The zero-order chi connectivity index (χ0) is 17.7. The molecular formula is C19H19FN4O2. The highest BCUT2D eigenvalue weighted by atomic mass is 19.1. The first-order valence-electron chi connectivity index (χ1n) is 8.81. The van der Waals surface area contributed by atoms with Gasteiger partial charge in [-0.1, -0.05) is 6.07 Å². The van der Waals surface area contributed by atoms with Gasteiger partial charge in [0.15, 0.2) is 5.58 Å². The molecule has 0 spiro atoms. The van der Waals surface area contributed by atoms with Crippen molar-refractivity contribution >= 4 is 17.2 Å². The number of anilines is 1. The van der Waals surface area contributed by atoms with Crippen LogP contribution in [0.5, 0.6) is 5.75 Å². The van der Waals surface area contributed by atoms with Gasteiger partial charge in [-0.05, 0) is 24.6 Å².